The maximum Gasteiger partial charge on any atom is 0.326 e. The summed E-state index contributed by atoms with van der Waals surface area (Å²) >= 11 is 4.12. The lowest BCUT2D eigenvalue weighted by molar-refractivity contribution is -0.149. The average Bonchev–Trinajstić information content (AvgIpc) is 3.22. The van der Waals surface area contributed by atoms with E-state index in [0.29, 0.717) is 19.3 Å². The number of rotatable bonds is 12. The number of carbonyl (C=O) groups is 5. The highest BCUT2D eigenvalue weighted by Gasteiger charge is 2.38. The van der Waals surface area contributed by atoms with E-state index in [2.05, 4.69) is 23.3 Å². The molecule has 0 bridgehead atoms. The minimum atomic E-state index is -1.10. The van der Waals surface area contributed by atoms with Crippen molar-refractivity contribution in [3.63, 3.8) is 0 Å². The molecule has 12 heteroatoms. The average molecular weight is 461 g/mol. The van der Waals surface area contributed by atoms with Gasteiger partial charge < -0.3 is 31.5 Å². The molecule has 0 spiro atoms. The molecule has 0 radical (unpaired) electrons. The molecular weight excluding hydrogens is 428 g/mol. The SMILES string of the molecule is CCC(C)C(NC(=O)C(N)CCC(=O)O)C(=O)NC(CS)C(=O)N1CCCC1C(=O)O. The van der Waals surface area contributed by atoms with Crippen LogP contribution in [0.2, 0.25) is 0 Å². The first-order valence-corrected chi connectivity index (χ1v) is 10.9. The van der Waals surface area contributed by atoms with Gasteiger partial charge in [-0.2, -0.15) is 12.6 Å². The van der Waals surface area contributed by atoms with E-state index in [9.17, 15) is 29.1 Å². The maximum absolute atomic E-state index is 12.9. The number of nitrogens with zero attached hydrogens (tertiary/aromatic N) is 1. The fourth-order valence-corrected chi connectivity index (χ4v) is 3.55. The Bertz CT molecular complexity index is 690. The van der Waals surface area contributed by atoms with E-state index in [-0.39, 0.29) is 31.1 Å². The minimum Gasteiger partial charge on any atom is -0.481 e. The summed E-state index contributed by atoms with van der Waals surface area (Å²) in [5, 5.41) is 23.1. The van der Waals surface area contributed by atoms with E-state index < -0.39 is 53.8 Å². The van der Waals surface area contributed by atoms with Crippen LogP contribution in [0.15, 0.2) is 0 Å². The van der Waals surface area contributed by atoms with Crippen molar-refractivity contribution in [2.75, 3.05) is 12.3 Å². The highest BCUT2D eigenvalue weighted by molar-refractivity contribution is 7.80. The third-order valence-electron chi connectivity index (χ3n) is 5.42. The molecule has 6 N–H and O–H groups in total. The quantitative estimate of drug-likeness (QED) is 0.205. The summed E-state index contributed by atoms with van der Waals surface area (Å²) in [4.78, 5) is 61.3. The number of carboxylic acids is 2. The van der Waals surface area contributed by atoms with Crippen molar-refractivity contribution in [1.29, 1.82) is 0 Å². The van der Waals surface area contributed by atoms with E-state index in [1.54, 1.807) is 6.92 Å². The second kappa shape index (κ2) is 12.5. The minimum absolute atomic E-state index is 0.0489. The lowest BCUT2D eigenvalue weighted by Gasteiger charge is -2.29. The third-order valence-corrected chi connectivity index (χ3v) is 5.78. The molecule has 1 fully saturated rings. The van der Waals surface area contributed by atoms with E-state index in [1.807, 2.05) is 6.92 Å². The summed E-state index contributed by atoms with van der Waals surface area (Å²) in [6.45, 7) is 3.84. The van der Waals surface area contributed by atoms with Crippen LogP contribution < -0.4 is 16.4 Å². The number of aliphatic carboxylic acids is 2. The molecule has 0 aromatic rings. The molecule has 0 aliphatic carbocycles. The Morgan fingerprint density at radius 1 is 1.16 bits per heavy atom. The van der Waals surface area contributed by atoms with Crippen LogP contribution in [-0.2, 0) is 24.0 Å². The van der Waals surface area contributed by atoms with Crippen molar-refractivity contribution in [3.8, 4) is 0 Å². The number of hydrogen-bond donors (Lipinski definition) is 6. The summed E-state index contributed by atoms with van der Waals surface area (Å²) in [6, 6.07) is -4.10. The Balaban J connectivity index is 2.87. The van der Waals surface area contributed by atoms with Gasteiger partial charge in [-0.25, -0.2) is 4.79 Å². The number of carbonyl (C=O) groups excluding carboxylic acids is 3. The summed E-state index contributed by atoms with van der Waals surface area (Å²) in [5.41, 5.74) is 5.72. The lowest BCUT2D eigenvalue weighted by Crippen LogP contribution is -2.59. The normalized spacial score (nSPS) is 19.7. The number of carboxylic acid groups (broad SMARTS) is 2. The van der Waals surface area contributed by atoms with Gasteiger partial charge in [0, 0.05) is 18.7 Å². The number of thiol groups is 1. The second-order valence-electron chi connectivity index (χ2n) is 7.68. The molecular formula is C19H32N4O7S. The van der Waals surface area contributed by atoms with Crippen molar-refractivity contribution in [3.05, 3.63) is 0 Å². The molecule has 1 rings (SSSR count). The van der Waals surface area contributed by atoms with E-state index in [1.165, 1.54) is 4.90 Å². The van der Waals surface area contributed by atoms with Crippen molar-refractivity contribution in [2.45, 2.75) is 70.1 Å². The van der Waals surface area contributed by atoms with Crippen molar-refractivity contribution in [2.24, 2.45) is 11.7 Å². The van der Waals surface area contributed by atoms with Crippen LogP contribution in [0.1, 0.15) is 46.0 Å². The topological polar surface area (TPSA) is 179 Å². The molecule has 11 nitrogen and oxygen atoms in total. The van der Waals surface area contributed by atoms with Crippen molar-refractivity contribution < 1.29 is 34.2 Å². The molecule has 5 atom stereocenters. The summed E-state index contributed by atoms with van der Waals surface area (Å²) in [5.74, 6) is -4.36. The van der Waals surface area contributed by atoms with Gasteiger partial charge in [-0.3, -0.25) is 19.2 Å². The largest absolute Gasteiger partial charge is 0.481 e. The molecule has 1 aliphatic heterocycles. The van der Waals surface area contributed by atoms with Gasteiger partial charge in [0.1, 0.15) is 18.1 Å². The van der Waals surface area contributed by atoms with Crippen molar-refractivity contribution in [1.82, 2.24) is 15.5 Å². The highest BCUT2D eigenvalue weighted by atomic mass is 32.1. The van der Waals surface area contributed by atoms with Crippen LogP contribution in [0.25, 0.3) is 0 Å². The second-order valence-corrected chi connectivity index (χ2v) is 8.05. The molecule has 0 aromatic heterocycles. The predicted molar refractivity (Wildman–Crippen MR) is 114 cm³/mol. The zero-order valence-electron chi connectivity index (χ0n) is 17.7. The zero-order valence-corrected chi connectivity index (χ0v) is 18.6. The fraction of sp³-hybridized carbons (Fsp3) is 0.737. The molecule has 0 aromatic carbocycles. The lowest BCUT2D eigenvalue weighted by atomic mass is 9.97. The molecule has 1 saturated heterocycles. The van der Waals surface area contributed by atoms with Gasteiger partial charge in [-0.15, -0.1) is 0 Å². The first-order valence-electron chi connectivity index (χ1n) is 10.3. The standard InChI is InChI=1S/C19H32N4O7S/c1-3-10(2)15(22-16(26)11(20)6-7-14(24)25)17(27)21-12(9-31)18(28)23-8-4-5-13(23)19(29)30/h10-13,15,31H,3-9,20H2,1-2H3,(H,21,27)(H,22,26)(H,24,25)(H,29,30). The molecule has 5 unspecified atom stereocenters. The van der Waals surface area contributed by atoms with Gasteiger partial charge >= 0.3 is 11.9 Å². The van der Waals surface area contributed by atoms with Gasteiger partial charge in [0.15, 0.2) is 0 Å². The van der Waals surface area contributed by atoms with Crippen LogP contribution >= 0.6 is 12.6 Å². The number of nitrogens with one attached hydrogen (secondary N) is 2. The fourth-order valence-electron chi connectivity index (χ4n) is 3.31. The van der Waals surface area contributed by atoms with Gasteiger partial charge in [-0.1, -0.05) is 20.3 Å². The van der Waals surface area contributed by atoms with Crippen LogP contribution in [0.3, 0.4) is 0 Å². The van der Waals surface area contributed by atoms with E-state index >= 15 is 0 Å². The summed E-state index contributed by atoms with van der Waals surface area (Å²) < 4.78 is 0. The van der Waals surface area contributed by atoms with Crippen molar-refractivity contribution >= 4 is 42.3 Å². The van der Waals surface area contributed by atoms with Gasteiger partial charge in [-0.05, 0) is 25.2 Å². The van der Waals surface area contributed by atoms with Gasteiger partial charge in [0.05, 0.1) is 6.04 Å². The summed E-state index contributed by atoms with van der Waals surface area (Å²) in [6.07, 6.45) is 1.06. The van der Waals surface area contributed by atoms with Crippen LogP contribution in [0.4, 0.5) is 0 Å². The first kappa shape index (κ1) is 26.7. The Hall–Kier alpha value is -2.34. The molecule has 3 amide bonds. The zero-order chi connectivity index (χ0) is 23.7. The summed E-state index contributed by atoms with van der Waals surface area (Å²) in [7, 11) is 0. The Kier molecular flexibility index (Phi) is 10.8. The monoisotopic (exact) mass is 460 g/mol. The number of nitrogens with two attached hydrogens (primary N) is 1. The molecule has 31 heavy (non-hydrogen) atoms. The van der Waals surface area contributed by atoms with Crippen LogP contribution in [-0.4, -0.2) is 81.2 Å². The molecule has 176 valence electrons. The predicted octanol–water partition coefficient (Wildman–Crippen LogP) is -0.800. The molecule has 1 heterocycles. The van der Waals surface area contributed by atoms with Gasteiger partial charge in [0.25, 0.3) is 0 Å². The van der Waals surface area contributed by atoms with E-state index in [0.717, 1.165) is 0 Å². The van der Waals surface area contributed by atoms with E-state index in [4.69, 9.17) is 10.8 Å². The Labute approximate surface area is 186 Å². The smallest absolute Gasteiger partial charge is 0.326 e. The Morgan fingerprint density at radius 2 is 1.81 bits per heavy atom. The number of likely N-dealkylation sites (tertiary alicyclic amines) is 1. The molecule has 1 aliphatic rings. The highest BCUT2D eigenvalue weighted by Crippen LogP contribution is 2.19. The van der Waals surface area contributed by atoms with Crippen LogP contribution in [0, 0.1) is 5.92 Å². The number of amides is 3. The third kappa shape index (κ3) is 7.69. The van der Waals surface area contributed by atoms with Crippen LogP contribution in [0.5, 0.6) is 0 Å². The first-order chi connectivity index (χ1) is 14.5. The maximum atomic E-state index is 12.9. The Morgan fingerprint density at radius 3 is 2.32 bits per heavy atom. The number of hydrogen-bond acceptors (Lipinski definition) is 7. The van der Waals surface area contributed by atoms with Gasteiger partial charge in [0.2, 0.25) is 17.7 Å². The molecule has 0 saturated carbocycles.